The summed E-state index contributed by atoms with van der Waals surface area (Å²) in [6.45, 7) is 0. The predicted octanol–water partition coefficient (Wildman–Crippen LogP) is 1.74. The Hall–Kier alpha value is -1.62. The molecule has 1 saturated carbocycles. The summed E-state index contributed by atoms with van der Waals surface area (Å²) < 4.78 is 0. The Morgan fingerprint density at radius 2 is 2.00 bits per heavy atom. The third-order valence-electron chi connectivity index (χ3n) is 3.28. The van der Waals surface area contributed by atoms with Crippen LogP contribution in [0.15, 0.2) is 18.3 Å². The summed E-state index contributed by atoms with van der Waals surface area (Å²) in [4.78, 5) is 26.7. The smallest absolute Gasteiger partial charge is 0.272 e. The minimum atomic E-state index is -0.461. The summed E-state index contributed by atoms with van der Waals surface area (Å²) in [5, 5.41) is 0. The molecule has 1 fully saturated rings. The summed E-state index contributed by atoms with van der Waals surface area (Å²) in [6.07, 6.45) is 6.65. The number of pyridine rings is 1. The molecule has 1 aromatic rings. The summed E-state index contributed by atoms with van der Waals surface area (Å²) in [6, 6.07) is 3.61. The van der Waals surface area contributed by atoms with Gasteiger partial charge in [0.1, 0.15) is 11.6 Å². The minimum absolute atomic E-state index is 0.200. The van der Waals surface area contributed by atoms with E-state index < -0.39 is 11.8 Å². The Labute approximate surface area is 116 Å². The molecule has 2 N–H and O–H groups in total. The first-order chi connectivity index (χ1) is 9.20. The molecular formula is C13H16ClN3O2. The number of carbonyl (C=O) groups is 2. The highest BCUT2D eigenvalue weighted by Gasteiger charge is 2.17. The number of amides is 2. The van der Waals surface area contributed by atoms with Gasteiger partial charge in [0.05, 0.1) is 0 Å². The average molecular weight is 282 g/mol. The quantitative estimate of drug-likeness (QED) is 0.655. The Balaban J connectivity index is 1.93. The molecule has 2 amide bonds. The van der Waals surface area contributed by atoms with Gasteiger partial charge in [0.2, 0.25) is 0 Å². The van der Waals surface area contributed by atoms with E-state index in [2.05, 4.69) is 15.8 Å². The standard InChI is InChI=1S/C13H16ClN3O2/c14-7-12(18)16-17-13(19)11-6-5-10(8-15-11)9-3-1-2-4-9/h5-6,8-9H,1-4,7H2,(H,16,18)(H,17,19). The maximum atomic E-state index is 11.7. The highest BCUT2D eigenvalue weighted by molar-refractivity contribution is 6.27. The molecule has 0 bridgehead atoms. The zero-order chi connectivity index (χ0) is 13.7. The summed E-state index contributed by atoms with van der Waals surface area (Å²) in [5.74, 6) is -0.538. The van der Waals surface area contributed by atoms with Gasteiger partial charge in [0.25, 0.3) is 11.8 Å². The third-order valence-corrected chi connectivity index (χ3v) is 3.53. The fraction of sp³-hybridized carbons (Fsp3) is 0.462. The fourth-order valence-electron chi connectivity index (χ4n) is 2.26. The highest BCUT2D eigenvalue weighted by atomic mass is 35.5. The summed E-state index contributed by atoms with van der Waals surface area (Å²) >= 11 is 5.30. The zero-order valence-electron chi connectivity index (χ0n) is 10.5. The lowest BCUT2D eigenvalue weighted by atomic mass is 9.99. The molecule has 0 spiro atoms. The number of hydrogen-bond acceptors (Lipinski definition) is 3. The minimum Gasteiger partial charge on any atom is -0.272 e. The number of nitrogens with zero attached hydrogens (tertiary/aromatic N) is 1. The van der Waals surface area contributed by atoms with Crippen molar-refractivity contribution in [2.75, 3.05) is 5.88 Å². The first-order valence-corrected chi connectivity index (χ1v) is 6.85. The van der Waals surface area contributed by atoms with E-state index in [1.54, 1.807) is 12.3 Å². The maximum absolute atomic E-state index is 11.7. The van der Waals surface area contributed by atoms with Crippen molar-refractivity contribution in [1.82, 2.24) is 15.8 Å². The molecular weight excluding hydrogens is 266 g/mol. The first kappa shape index (κ1) is 13.8. The van der Waals surface area contributed by atoms with Crippen LogP contribution < -0.4 is 10.9 Å². The van der Waals surface area contributed by atoms with Gasteiger partial charge in [0, 0.05) is 6.20 Å². The molecule has 6 heteroatoms. The number of hydrogen-bond donors (Lipinski definition) is 2. The van der Waals surface area contributed by atoms with Gasteiger partial charge in [-0.15, -0.1) is 11.6 Å². The average Bonchev–Trinajstić information content (AvgIpc) is 2.98. The van der Waals surface area contributed by atoms with Crippen LogP contribution in [0.5, 0.6) is 0 Å². The number of rotatable bonds is 3. The van der Waals surface area contributed by atoms with E-state index in [0.29, 0.717) is 5.92 Å². The van der Waals surface area contributed by atoms with Crippen LogP contribution in [-0.2, 0) is 4.79 Å². The molecule has 5 nitrogen and oxygen atoms in total. The molecule has 0 atom stereocenters. The maximum Gasteiger partial charge on any atom is 0.288 e. The summed E-state index contributed by atoms with van der Waals surface area (Å²) in [7, 11) is 0. The first-order valence-electron chi connectivity index (χ1n) is 6.32. The lowest BCUT2D eigenvalue weighted by Gasteiger charge is -2.09. The van der Waals surface area contributed by atoms with E-state index in [9.17, 15) is 9.59 Å². The van der Waals surface area contributed by atoms with Gasteiger partial charge in [-0.05, 0) is 30.4 Å². The van der Waals surface area contributed by atoms with Crippen molar-refractivity contribution < 1.29 is 9.59 Å². The topological polar surface area (TPSA) is 71.1 Å². The van der Waals surface area contributed by atoms with E-state index in [-0.39, 0.29) is 11.6 Å². The zero-order valence-corrected chi connectivity index (χ0v) is 11.2. The number of nitrogens with one attached hydrogen (secondary N) is 2. The predicted molar refractivity (Wildman–Crippen MR) is 71.8 cm³/mol. The van der Waals surface area contributed by atoms with Gasteiger partial charge in [0.15, 0.2) is 0 Å². The van der Waals surface area contributed by atoms with Crippen molar-refractivity contribution in [2.45, 2.75) is 31.6 Å². The molecule has 1 aromatic heterocycles. The van der Waals surface area contributed by atoms with E-state index in [1.807, 2.05) is 6.07 Å². The van der Waals surface area contributed by atoms with Crippen molar-refractivity contribution in [1.29, 1.82) is 0 Å². The SMILES string of the molecule is O=C(CCl)NNC(=O)c1ccc(C2CCCC2)cn1. The van der Waals surface area contributed by atoms with Crippen LogP contribution in [-0.4, -0.2) is 22.7 Å². The molecule has 0 aromatic carbocycles. The molecule has 1 heterocycles. The highest BCUT2D eigenvalue weighted by Crippen LogP contribution is 2.33. The van der Waals surface area contributed by atoms with Gasteiger partial charge in [-0.2, -0.15) is 0 Å². The van der Waals surface area contributed by atoms with E-state index >= 15 is 0 Å². The van der Waals surface area contributed by atoms with Crippen LogP contribution >= 0.6 is 11.6 Å². The van der Waals surface area contributed by atoms with Crippen molar-refractivity contribution >= 4 is 23.4 Å². The van der Waals surface area contributed by atoms with Crippen LogP contribution in [0.2, 0.25) is 0 Å². The molecule has 0 radical (unpaired) electrons. The van der Waals surface area contributed by atoms with Crippen molar-refractivity contribution in [2.24, 2.45) is 0 Å². The second-order valence-electron chi connectivity index (χ2n) is 4.59. The number of aromatic nitrogens is 1. The van der Waals surface area contributed by atoms with Gasteiger partial charge in [-0.3, -0.25) is 25.4 Å². The molecule has 19 heavy (non-hydrogen) atoms. The van der Waals surface area contributed by atoms with E-state index in [1.165, 1.54) is 31.2 Å². The van der Waals surface area contributed by atoms with Crippen LogP contribution in [0.25, 0.3) is 0 Å². The van der Waals surface area contributed by atoms with Crippen LogP contribution in [0.1, 0.15) is 47.7 Å². The third kappa shape index (κ3) is 3.67. The lowest BCUT2D eigenvalue weighted by molar-refractivity contribution is -0.119. The number of hydrazine groups is 1. The van der Waals surface area contributed by atoms with Crippen LogP contribution in [0, 0.1) is 0 Å². The summed E-state index contributed by atoms with van der Waals surface area (Å²) in [5.41, 5.74) is 5.90. The molecule has 102 valence electrons. The second kappa shape index (κ2) is 6.52. The van der Waals surface area contributed by atoms with Gasteiger partial charge < -0.3 is 0 Å². The Bertz CT molecular complexity index is 455. The molecule has 1 aliphatic rings. The number of halogens is 1. The molecule has 0 aliphatic heterocycles. The number of alkyl halides is 1. The Morgan fingerprint density at radius 3 is 2.58 bits per heavy atom. The monoisotopic (exact) mass is 281 g/mol. The van der Waals surface area contributed by atoms with Gasteiger partial charge in [-0.1, -0.05) is 18.9 Å². The lowest BCUT2D eigenvalue weighted by Crippen LogP contribution is -2.42. The second-order valence-corrected chi connectivity index (χ2v) is 4.86. The molecule has 0 unspecified atom stereocenters. The molecule has 2 rings (SSSR count). The van der Waals surface area contributed by atoms with Crippen LogP contribution in [0.3, 0.4) is 0 Å². The van der Waals surface area contributed by atoms with Crippen LogP contribution in [0.4, 0.5) is 0 Å². The Morgan fingerprint density at radius 1 is 1.26 bits per heavy atom. The fourth-order valence-corrected chi connectivity index (χ4v) is 2.33. The largest absolute Gasteiger partial charge is 0.288 e. The van der Waals surface area contributed by atoms with Gasteiger partial charge >= 0.3 is 0 Å². The van der Waals surface area contributed by atoms with Gasteiger partial charge in [-0.25, -0.2) is 0 Å². The van der Waals surface area contributed by atoms with Crippen molar-refractivity contribution in [3.8, 4) is 0 Å². The Kier molecular flexibility index (Phi) is 4.74. The van der Waals surface area contributed by atoms with E-state index in [4.69, 9.17) is 11.6 Å². The molecule has 0 saturated heterocycles. The molecule has 1 aliphatic carbocycles. The van der Waals surface area contributed by atoms with E-state index in [0.717, 1.165) is 0 Å². The number of carbonyl (C=O) groups excluding carboxylic acids is 2. The normalized spacial score (nSPS) is 15.2. The van der Waals surface area contributed by atoms with Crippen molar-refractivity contribution in [3.05, 3.63) is 29.6 Å². The van der Waals surface area contributed by atoms with Crippen molar-refractivity contribution in [3.63, 3.8) is 0 Å².